The van der Waals surface area contributed by atoms with Crippen molar-refractivity contribution in [3.8, 4) is 11.3 Å². The average Bonchev–Trinajstić information content (AvgIpc) is 2.93. The molecule has 0 atom stereocenters. The van der Waals surface area contributed by atoms with Gasteiger partial charge in [-0.3, -0.25) is 4.68 Å². The van der Waals surface area contributed by atoms with Crippen LogP contribution in [0.3, 0.4) is 0 Å². The van der Waals surface area contributed by atoms with Crippen molar-refractivity contribution in [2.24, 2.45) is 0 Å². The molecule has 3 nitrogen and oxygen atoms in total. The van der Waals surface area contributed by atoms with Crippen LogP contribution >= 0.6 is 0 Å². The van der Waals surface area contributed by atoms with Crippen LogP contribution in [0.4, 0.5) is 0 Å². The van der Waals surface area contributed by atoms with E-state index >= 15 is 0 Å². The minimum absolute atomic E-state index is 0.574. The Kier molecular flexibility index (Phi) is 4.16. The van der Waals surface area contributed by atoms with E-state index in [1.54, 1.807) is 0 Å². The summed E-state index contributed by atoms with van der Waals surface area (Å²) in [6.07, 6.45) is 8.61. The van der Waals surface area contributed by atoms with E-state index in [2.05, 4.69) is 40.3 Å². The van der Waals surface area contributed by atoms with Crippen molar-refractivity contribution >= 4 is 0 Å². The average molecular weight is 269 g/mol. The third kappa shape index (κ3) is 2.63. The van der Waals surface area contributed by atoms with Gasteiger partial charge in [-0.1, -0.05) is 49.6 Å². The van der Waals surface area contributed by atoms with Crippen molar-refractivity contribution in [1.29, 1.82) is 0 Å². The maximum atomic E-state index is 4.71. The summed E-state index contributed by atoms with van der Waals surface area (Å²) < 4.78 is 2.28. The van der Waals surface area contributed by atoms with Crippen LogP contribution in [-0.4, -0.2) is 16.8 Å². The predicted molar refractivity (Wildman–Crippen MR) is 82.5 cm³/mol. The van der Waals surface area contributed by atoms with Crippen LogP contribution in [0.25, 0.3) is 11.3 Å². The number of nitrogens with zero attached hydrogens (tertiary/aromatic N) is 2. The second kappa shape index (κ2) is 6.23. The Morgan fingerprint density at radius 1 is 1.15 bits per heavy atom. The normalized spacial score (nSPS) is 16.4. The molecule has 1 aliphatic rings. The van der Waals surface area contributed by atoms with Crippen LogP contribution in [0.1, 0.15) is 43.7 Å². The van der Waals surface area contributed by atoms with E-state index in [0.717, 1.165) is 6.54 Å². The minimum Gasteiger partial charge on any atom is -0.316 e. The standard InChI is InChI=1S/C17H23N3/c1-18-12-15-13-19-20(16-10-6-3-7-11-16)17(15)14-8-4-2-5-9-14/h2,4-5,8-9,13,16,18H,3,6-7,10-12H2,1H3. The molecule has 20 heavy (non-hydrogen) atoms. The zero-order valence-corrected chi connectivity index (χ0v) is 12.2. The van der Waals surface area contributed by atoms with Gasteiger partial charge in [0, 0.05) is 17.7 Å². The van der Waals surface area contributed by atoms with Crippen molar-refractivity contribution in [3.05, 3.63) is 42.1 Å². The van der Waals surface area contributed by atoms with Gasteiger partial charge in [-0.05, 0) is 19.9 Å². The maximum absolute atomic E-state index is 4.71. The first-order chi connectivity index (χ1) is 9.90. The molecule has 1 fully saturated rings. The van der Waals surface area contributed by atoms with Crippen LogP contribution in [-0.2, 0) is 6.54 Å². The molecule has 1 aliphatic carbocycles. The number of aromatic nitrogens is 2. The number of nitrogens with one attached hydrogen (secondary N) is 1. The third-order valence-electron chi connectivity index (χ3n) is 4.21. The van der Waals surface area contributed by atoms with Crippen molar-refractivity contribution in [1.82, 2.24) is 15.1 Å². The third-order valence-corrected chi connectivity index (χ3v) is 4.21. The van der Waals surface area contributed by atoms with Gasteiger partial charge < -0.3 is 5.32 Å². The van der Waals surface area contributed by atoms with Crippen molar-refractivity contribution in [2.75, 3.05) is 7.05 Å². The van der Waals surface area contributed by atoms with E-state index in [1.165, 1.54) is 48.9 Å². The highest BCUT2D eigenvalue weighted by molar-refractivity contribution is 5.63. The van der Waals surface area contributed by atoms with E-state index in [1.807, 2.05) is 13.2 Å². The summed E-state index contributed by atoms with van der Waals surface area (Å²) in [7, 11) is 1.99. The minimum atomic E-state index is 0.574. The largest absolute Gasteiger partial charge is 0.316 e. The molecule has 1 heterocycles. The van der Waals surface area contributed by atoms with Gasteiger partial charge in [-0.25, -0.2) is 0 Å². The first-order valence-corrected chi connectivity index (χ1v) is 7.66. The zero-order valence-electron chi connectivity index (χ0n) is 12.2. The number of rotatable bonds is 4. The molecule has 0 bridgehead atoms. The molecule has 0 spiro atoms. The lowest BCUT2D eigenvalue weighted by Gasteiger charge is -2.24. The first-order valence-electron chi connectivity index (χ1n) is 7.66. The second-order valence-corrected chi connectivity index (χ2v) is 5.65. The molecule has 0 saturated heterocycles. The van der Waals surface area contributed by atoms with Gasteiger partial charge in [-0.2, -0.15) is 5.10 Å². The Labute approximate surface area is 121 Å². The molecule has 106 valence electrons. The number of hydrogen-bond donors (Lipinski definition) is 1. The lowest BCUT2D eigenvalue weighted by Crippen LogP contribution is -2.16. The summed E-state index contributed by atoms with van der Waals surface area (Å²) in [5.74, 6) is 0. The van der Waals surface area contributed by atoms with Gasteiger partial charge in [0.1, 0.15) is 0 Å². The maximum Gasteiger partial charge on any atom is 0.0730 e. The SMILES string of the molecule is CNCc1cnn(C2CCCCC2)c1-c1ccccc1. The molecule has 3 rings (SSSR count). The molecular weight excluding hydrogens is 246 g/mol. The van der Waals surface area contributed by atoms with E-state index < -0.39 is 0 Å². The highest BCUT2D eigenvalue weighted by atomic mass is 15.3. The van der Waals surface area contributed by atoms with Crippen LogP contribution in [0, 0.1) is 0 Å². The van der Waals surface area contributed by atoms with Gasteiger partial charge in [0.05, 0.1) is 17.9 Å². The van der Waals surface area contributed by atoms with Gasteiger partial charge >= 0.3 is 0 Å². The summed E-state index contributed by atoms with van der Waals surface area (Å²) in [5.41, 5.74) is 3.87. The van der Waals surface area contributed by atoms with Crippen molar-refractivity contribution in [3.63, 3.8) is 0 Å². The molecule has 1 N–H and O–H groups in total. The lowest BCUT2D eigenvalue weighted by molar-refractivity contribution is 0.332. The molecule has 0 radical (unpaired) electrons. The fourth-order valence-corrected chi connectivity index (χ4v) is 3.23. The second-order valence-electron chi connectivity index (χ2n) is 5.65. The summed E-state index contributed by atoms with van der Waals surface area (Å²) in [4.78, 5) is 0. The molecule has 1 saturated carbocycles. The molecular formula is C17H23N3. The van der Waals surface area contributed by atoms with E-state index in [9.17, 15) is 0 Å². The monoisotopic (exact) mass is 269 g/mol. The van der Waals surface area contributed by atoms with Crippen molar-refractivity contribution < 1.29 is 0 Å². The molecule has 1 aromatic heterocycles. The number of benzene rings is 1. The van der Waals surface area contributed by atoms with Gasteiger partial charge in [0.2, 0.25) is 0 Å². The van der Waals surface area contributed by atoms with E-state index in [4.69, 9.17) is 5.10 Å². The predicted octanol–water partition coefficient (Wildman–Crippen LogP) is 3.77. The summed E-state index contributed by atoms with van der Waals surface area (Å²) in [6, 6.07) is 11.2. The topological polar surface area (TPSA) is 29.9 Å². The van der Waals surface area contributed by atoms with Crippen molar-refractivity contribution in [2.45, 2.75) is 44.7 Å². The molecule has 0 unspecified atom stereocenters. The summed E-state index contributed by atoms with van der Waals surface area (Å²) in [5, 5.41) is 7.97. The number of hydrogen-bond acceptors (Lipinski definition) is 2. The molecule has 0 amide bonds. The Hall–Kier alpha value is -1.61. The fourth-order valence-electron chi connectivity index (χ4n) is 3.23. The molecule has 2 aromatic rings. The van der Waals surface area contributed by atoms with Crippen LogP contribution in [0.15, 0.2) is 36.5 Å². The quantitative estimate of drug-likeness (QED) is 0.915. The van der Waals surface area contributed by atoms with Crippen LogP contribution < -0.4 is 5.32 Å². The van der Waals surface area contributed by atoms with Crippen LogP contribution in [0.5, 0.6) is 0 Å². The first kappa shape index (κ1) is 13.4. The Morgan fingerprint density at radius 3 is 2.60 bits per heavy atom. The fraction of sp³-hybridized carbons (Fsp3) is 0.471. The zero-order chi connectivity index (χ0) is 13.8. The Bertz CT molecular complexity index is 539. The van der Waals surface area contributed by atoms with E-state index in [0.29, 0.717) is 6.04 Å². The van der Waals surface area contributed by atoms with Gasteiger partial charge in [0.15, 0.2) is 0 Å². The lowest BCUT2D eigenvalue weighted by atomic mass is 9.95. The van der Waals surface area contributed by atoms with E-state index in [-0.39, 0.29) is 0 Å². The molecule has 1 aromatic carbocycles. The summed E-state index contributed by atoms with van der Waals surface area (Å²) in [6.45, 7) is 0.872. The van der Waals surface area contributed by atoms with Crippen LogP contribution in [0.2, 0.25) is 0 Å². The Balaban J connectivity index is 2.01. The molecule has 3 heteroatoms. The van der Waals surface area contributed by atoms with Gasteiger partial charge in [-0.15, -0.1) is 0 Å². The smallest absolute Gasteiger partial charge is 0.0730 e. The highest BCUT2D eigenvalue weighted by Gasteiger charge is 2.21. The summed E-state index contributed by atoms with van der Waals surface area (Å²) >= 11 is 0. The molecule has 0 aliphatic heterocycles. The highest BCUT2D eigenvalue weighted by Crippen LogP contribution is 2.33. The van der Waals surface area contributed by atoms with Gasteiger partial charge in [0.25, 0.3) is 0 Å². The Morgan fingerprint density at radius 2 is 1.90 bits per heavy atom.